The highest BCUT2D eigenvalue weighted by Gasteiger charge is 2.27. The zero-order valence-corrected chi connectivity index (χ0v) is 18.5. The number of rotatable bonds is 7. The Labute approximate surface area is 187 Å². The van der Waals surface area contributed by atoms with Crippen molar-refractivity contribution in [3.63, 3.8) is 0 Å². The van der Waals surface area contributed by atoms with E-state index < -0.39 is 0 Å². The van der Waals surface area contributed by atoms with Gasteiger partial charge in [0.1, 0.15) is 22.8 Å². The summed E-state index contributed by atoms with van der Waals surface area (Å²) in [7, 11) is 1.66. The molecule has 162 valence electrons. The summed E-state index contributed by atoms with van der Waals surface area (Å²) in [5.41, 5.74) is 2.67. The van der Waals surface area contributed by atoms with Gasteiger partial charge in [0, 0.05) is 12.1 Å². The summed E-state index contributed by atoms with van der Waals surface area (Å²) in [6.45, 7) is 4.23. The zero-order valence-electron chi connectivity index (χ0n) is 17.7. The standard InChI is InChI=1S/C24H26ClN3O3/c1-16-22(23(27-31-16)19-10-3-4-11-20(19)25)24(29)26-15-21(28-12-5-6-13-28)17-8-7-9-18(14-17)30-2/h3-4,7-11,14,21H,5-6,12-13,15H2,1-2H3,(H,26,29). The number of benzene rings is 2. The van der Waals surface area contributed by atoms with Crippen LogP contribution < -0.4 is 10.1 Å². The van der Waals surface area contributed by atoms with Gasteiger partial charge in [-0.1, -0.05) is 47.1 Å². The van der Waals surface area contributed by atoms with Crippen molar-refractivity contribution in [2.45, 2.75) is 25.8 Å². The fourth-order valence-electron chi connectivity index (χ4n) is 4.11. The van der Waals surface area contributed by atoms with E-state index in [1.807, 2.05) is 36.4 Å². The van der Waals surface area contributed by atoms with E-state index in [0.717, 1.165) is 37.2 Å². The van der Waals surface area contributed by atoms with E-state index in [4.69, 9.17) is 20.9 Å². The predicted octanol–water partition coefficient (Wildman–Crippen LogP) is 4.88. The molecule has 0 spiro atoms. The second-order valence-electron chi connectivity index (χ2n) is 7.69. The van der Waals surface area contributed by atoms with Gasteiger partial charge in [0.05, 0.1) is 18.2 Å². The first kappa shape index (κ1) is 21.4. The van der Waals surface area contributed by atoms with E-state index in [2.05, 4.69) is 21.4 Å². The number of halogens is 1. The minimum absolute atomic E-state index is 0.0606. The lowest BCUT2D eigenvalue weighted by molar-refractivity contribution is 0.0937. The number of ether oxygens (including phenoxy) is 1. The van der Waals surface area contributed by atoms with E-state index in [1.165, 1.54) is 0 Å². The minimum atomic E-state index is -0.222. The Morgan fingerprint density at radius 2 is 2.00 bits per heavy atom. The maximum atomic E-state index is 13.2. The Morgan fingerprint density at radius 1 is 1.23 bits per heavy atom. The molecule has 2 heterocycles. The molecule has 0 aliphatic carbocycles. The van der Waals surface area contributed by atoms with Crippen molar-refractivity contribution < 1.29 is 14.1 Å². The van der Waals surface area contributed by atoms with Gasteiger partial charge in [0.2, 0.25) is 0 Å². The second kappa shape index (κ2) is 9.54. The van der Waals surface area contributed by atoms with Crippen LogP contribution in [0.15, 0.2) is 53.1 Å². The highest BCUT2D eigenvalue weighted by Crippen LogP contribution is 2.31. The molecule has 0 saturated carbocycles. The van der Waals surface area contributed by atoms with Crippen molar-refractivity contribution in [1.82, 2.24) is 15.4 Å². The van der Waals surface area contributed by atoms with Gasteiger partial charge in [0.15, 0.2) is 0 Å². The quantitative estimate of drug-likeness (QED) is 0.568. The van der Waals surface area contributed by atoms with Crippen molar-refractivity contribution in [2.24, 2.45) is 0 Å². The van der Waals surface area contributed by atoms with Gasteiger partial charge in [-0.25, -0.2) is 0 Å². The first-order valence-corrected chi connectivity index (χ1v) is 10.8. The highest BCUT2D eigenvalue weighted by molar-refractivity contribution is 6.33. The number of carbonyl (C=O) groups excluding carboxylic acids is 1. The van der Waals surface area contributed by atoms with E-state index in [0.29, 0.717) is 34.1 Å². The number of aromatic nitrogens is 1. The largest absolute Gasteiger partial charge is 0.497 e. The Morgan fingerprint density at radius 3 is 2.74 bits per heavy atom. The van der Waals surface area contributed by atoms with Crippen LogP contribution in [-0.4, -0.2) is 42.7 Å². The summed E-state index contributed by atoms with van der Waals surface area (Å²) in [5.74, 6) is 1.05. The number of hydrogen-bond donors (Lipinski definition) is 1. The monoisotopic (exact) mass is 439 g/mol. The molecular weight excluding hydrogens is 414 g/mol. The Balaban J connectivity index is 1.58. The fourth-order valence-corrected chi connectivity index (χ4v) is 4.34. The van der Waals surface area contributed by atoms with Crippen LogP contribution in [-0.2, 0) is 0 Å². The lowest BCUT2D eigenvalue weighted by Gasteiger charge is -2.28. The van der Waals surface area contributed by atoms with Crippen molar-refractivity contribution in [1.29, 1.82) is 0 Å². The van der Waals surface area contributed by atoms with Crippen molar-refractivity contribution >= 4 is 17.5 Å². The average molecular weight is 440 g/mol. The molecule has 1 aliphatic heterocycles. The first-order valence-electron chi connectivity index (χ1n) is 10.5. The third kappa shape index (κ3) is 4.60. The molecule has 1 aromatic heterocycles. The van der Waals surface area contributed by atoms with Crippen molar-refractivity contribution in [3.8, 4) is 17.0 Å². The van der Waals surface area contributed by atoms with Gasteiger partial charge in [0.25, 0.3) is 5.91 Å². The Bertz CT molecular complexity index is 1060. The first-order chi connectivity index (χ1) is 15.1. The number of hydrogen-bond acceptors (Lipinski definition) is 5. The number of likely N-dealkylation sites (tertiary alicyclic amines) is 1. The molecule has 0 bridgehead atoms. The molecule has 1 fully saturated rings. The van der Waals surface area contributed by atoms with Gasteiger partial charge in [-0.05, 0) is 56.6 Å². The topological polar surface area (TPSA) is 67.6 Å². The fraction of sp³-hybridized carbons (Fsp3) is 0.333. The molecule has 7 heteroatoms. The summed E-state index contributed by atoms with van der Waals surface area (Å²) >= 11 is 6.33. The maximum absolute atomic E-state index is 13.2. The summed E-state index contributed by atoms with van der Waals surface area (Å²) in [4.78, 5) is 15.6. The minimum Gasteiger partial charge on any atom is -0.497 e. The number of nitrogens with one attached hydrogen (secondary N) is 1. The van der Waals surface area contributed by atoms with Crippen LogP contribution in [0.4, 0.5) is 0 Å². The van der Waals surface area contributed by atoms with Crippen molar-refractivity contribution in [2.75, 3.05) is 26.7 Å². The average Bonchev–Trinajstić information content (AvgIpc) is 3.44. The number of carbonyl (C=O) groups is 1. The van der Waals surface area contributed by atoms with Crippen LogP contribution in [0.5, 0.6) is 5.75 Å². The maximum Gasteiger partial charge on any atom is 0.257 e. The SMILES string of the molecule is COc1cccc(C(CNC(=O)c2c(-c3ccccc3Cl)noc2C)N2CCCC2)c1. The molecule has 31 heavy (non-hydrogen) atoms. The van der Waals surface area contributed by atoms with Crippen LogP contribution in [0, 0.1) is 6.92 Å². The molecular formula is C24H26ClN3O3. The van der Waals surface area contributed by atoms with Crippen LogP contribution in [0.1, 0.15) is 40.6 Å². The molecule has 1 saturated heterocycles. The molecule has 2 aromatic carbocycles. The molecule has 1 aliphatic rings. The van der Waals surface area contributed by atoms with Crippen LogP contribution in [0.2, 0.25) is 5.02 Å². The normalized spacial score (nSPS) is 15.1. The number of amides is 1. The van der Waals surface area contributed by atoms with Gasteiger partial charge < -0.3 is 14.6 Å². The third-order valence-electron chi connectivity index (χ3n) is 5.73. The number of nitrogens with zero attached hydrogens (tertiary/aromatic N) is 2. The molecule has 1 N–H and O–H groups in total. The van der Waals surface area contributed by atoms with E-state index in [9.17, 15) is 4.79 Å². The lowest BCUT2D eigenvalue weighted by Crippen LogP contribution is -2.37. The van der Waals surface area contributed by atoms with E-state index in [-0.39, 0.29) is 11.9 Å². The second-order valence-corrected chi connectivity index (χ2v) is 8.09. The lowest BCUT2D eigenvalue weighted by atomic mass is 10.0. The summed E-state index contributed by atoms with van der Waals surface area (Å²) in [5, 5.41) is 7.73. The van der Waals surface area contributed by atoms with Crippen molar-refractivity contribution in [3.05, 3.63) is 70.4 Å². The van der Waals surface area contributed by atoms with Crippen LogP contribution in [0.3, 0.4) is 0 Å². The van der Waals surface area contributed by atoms with Crippen LogP contribution in [0.25, 0.3) is 11.3 Å². The zero-order chi connectivity index (χ0) is 21.8. The number of methoxy groups -OCH3 is 1. The number of aryl methyl sites for hydroxylation is 1. The predicted molar refractivity (Wildman–Crippen MR) is 121 cm³/mol. The molecule has 0 radical (unpaired) electrons. The van der Waals surface area contributed by atoms with E-state index in [1.54, 1.807) is 20.1 Å². The molecule has 1 unspecified atom stereocenters. The van der Waals surface area contributed by atoms with Crippen LogP contribution >= 0.6 is 11.6 Å². The summed E-state index contributed by atoms with van der Waals surface area (Å²) in [6, 6.07) is 15.4. The molecule has 6 nitrogen and oxygen atoms in total. The highest BCUT2D eigenvalue weighted by atomic mass is 35.5. The molecule has 4 rings (SSSR count). The third-order valence-corrected chi connectivity index (χ3v) is 6.06. The summed E-state index contributed by atoms with van der Waals surface area (Å²) in [6.07, 6.45) is 2.33. The van der Waals surface area contributed by atoms with Gasteiger partial charge in [-0.2, -0.15) is 0 Å². The molecule has 1 amide bonds. The van der Waals surface area contributed by atoms with Gasteiger partial charge >= 0.3 is 0 Å². The van der Waals surface area contributed by atoms with Gasteiger partial charge in [-0.15, -0.1) is 0 Å². The molecule has 1 atom stereocenters. The summed E-state index contributed by atoms with van der Waals surface area (Å²) < 4.78 is 10.8. The molecule has 3 aromatic rings. The Kier molecular flexibility index (Phi) is 6.59. The van der Waals surface area contributed by atoms with E-state index >= 15 is 0 Å². The Hall–Kier alpha value is -2.83. The van der Waals surface area contributed by atoms with Gasteiger partial charge in [-0.3, -0.25) is 9.69 Å². The smallest absolute Gasteiger partial charge is 0.257 e.